The van der Waals surface area contributed by atoms with Crippen LogP contribution in [0.5, 0.6) is 0 Å². The maximum absolute atomic E-state index is 5.65. The molecule has 0 saturated carbocycles. The van der Waals surface area contributed by atoms with Gasteiger partial charge in [-0.2, -0.15) is 0 Å². The van der Waals surface area contributed by atoms with Crippen LogP contribution in [0.4, 0.5) is 0 Å². The Labute approximate surface area is 148 Å². The smallest absolute Gasteiger partial charge is 0.198 e. The van der Waals surface area contributed by atoms with Crippen molar-refractivity contribution in [3.05, 3.63) is 0 Å². The molecular weight excluding hydrogens is 283 g/mol. The van der Waals surface area contributed by atoms with E-state index in [9.17, 15) is 0 Å². The van der Waals surface area contributed by atoms with E-state index in [1.165, 1.54) is 87.6 Å². The number of ether oxygens (including phenoxy) is 1. The largest absolute Gasteiger partial charge is 0.381 e. The molecule has 0 spiro atoms. The first-order valence-corrected chi connectivity index (χ1v) is 11.9. The van der Waals surface area contributed by atoms with Crippen LogP contribution in [-0.4, -0.2) is 28.4 Å². The minimum atomic E-state index is 0.815. The third kappa shape index (κ3) is 28.6. The minimum Gasteiger partial charge on any atom is -0.381 e. The van der Waals surface area contributed by atoms with Crippen molar-refractivity contribution in [1.29, 1.82) is 0 Å². The Morgan fingerprint density at radius 2 is 0.864 bits per heavy atom. The van der Waals surface area contributed by atoms with Crippen molar-refractivity contribution in [3.63, 3.8) is 0 Å². The van der Waals surface area contributed by atoms with Crippen LogP contribution in [0.1, 0.15) is 105 Å². The fourth-order valence-electron chi connectivity index (χ4n) is 2.36. The van der Waals surface area contributed by atoms with E-state index in [1.54, 1.807) is 0 Å². The van der Waals surface area contributed by atoms with Crippen LogP contribution >= 0.6 is 0 Å². The van der Waals surface area contributed by atoms with Gasteiger partial charge in [-0.15, -0.1) is 10.6 Å². The molecule has 0 heterocycles. The van der Waals surface area contributed by atoms with Gasteiger partial charge in [0.25, 0.3) is 0 Å². The lowest BCUT2D eigenvalue weighted by molar-refractivity contribution is 0.125. The summed E-state index contributed by atoms with van der Waals surface area (Å²) < 4.78 is 5.65. The zero-order chi connectivity index (χ0) is 16.7. The first kappa shape index (κ1) is 24.7. The summed E-state index contributed by atoms with van der Waals surface area (Å²) in [5.41, 5.74) is 0. The number of hydrogen-bond donors (Lipinski definition) is 0. The van der Waals surface area contributed by atoms with Gasteiger partial charge in [-0.3, -0.25) is 0 Å². The van der Waals surface area contributed by atoms with Crippen LogP contribution in [0.3, 0.4) is 0 Å². The molecule has 0 saturated heterocycles. The van der Waals surface area contributed by atoms with Crippen molar-refractivity contribution >= 4 is 15.2 Å². The standard InChI is InChI=1S/C16H34O.2C2H5.Al/c1-3-5-7-9-11-13-15-17-16-14-12-10-8-6-4-2;2*1-2;/h3-16H2,1-2H3;2*1H2,2H3;. The second kappa shape index (κ2) is 26.4. The molecular formula is C20H44AlO. The molecule has 0 fully saturated rings. The molecule has 0 aromatic heterocycles. The highest BCUT2D eigenvalue weighted by Crippen LogP contribution is 2.06. The normalized spacial score (nSPS) is 10.2. The molecule has 0 aromatic carbocycles. The summed E-state index contributed by atoms with van der Waals surface area (Å²) in [6, 6.07) is 0. The Morgan fingerprint density at radius 3 is 1.18 bits per heavy atom. The highest BCUT2D eigenvalue weighted by Gasteiger charge is 1.92. The maximum Gasteiger partial charge on any atom is 0.198 e. The van der Waals surface area contributed by atoms with Gasteiger partial charge >= 0.3 is 0 Å². The second-order valence-electron chi connectivity index (χ2n) is 6.25. The van der Waals surface area contributed by atoms with Crippen LogP contribution in [0, 0.1) is 0 Å². The number of hydrogen-bond acceptors (Lipinski definition) is 1. The quantitative estimate of drug-likeness (QED) is 0.213. The lowest BCUT2D eigenvalue weighted by Crippen LogP contribution is -1.97. The molecule has 0 bridgehead atoms. The molecule has 0 rings (SSSR count). The van der Waals surface area contributed by atoms with Crippen molar-refractivity contribution in [1.82, 2.24) is 0 Å². The maximum atomic E-state index is 5.65. The summed E-state index contributed by atoms with van der Waals surface area (Å²) >= 11 is 0.815. The molecule has 0 aromatic rings. The van der Waals surface area contributed by atoms with E-state index in [0.717, 1.165) is 28.4 Å². The molecule has 0 aliphatic heterocycles. The molecule has 0 N–H and O–H groups in total. The summed E-state index contributed by atoms with van der Waals surface area (Å²) in [6.45, 7) is 11.0. The molecule has 133 valence electrons. The van der Waals surface area contributed by atoms with E-state index < -0.39 is 0 Å². The first-order chi connectivity index (χ1) is 10.8. The van der Waals surface area contributed by atoms with Gasteiger partial charge < -0.3 is 4.74 Å². The summed E-state index contributed by atoms with van der Waals surface area (Å²) in [5, 5.41) is 2.85. The highest BCUT2D eigenvalue weighted by atomic mass is 27.1. The zero-order valence-corrected chi connectivity index (χ0v) is 17.5. The molecule has 0 aliphatic rings. The zero-order valence-electron chi connectivity index (χ0n) is 16.3. The molecule has 2 heteroatoms. The Kier molecular flexibility index (Phi) is 29.7. The van der Waals surface area contributed by atoms with Crippen LogP contribution in [0.2, 0.25) is 10.6 Å². The Bertz CT molecular complexity index is 146. The Balaban J connectivity index is 0. The van der Waals surface area contributed by atoms with Crippen LogP contribution in [-0.2, 0) is 4.74 Å². The van der Waals surface area contributed by atoms with Crippen molar-refractivity contribution in [3.8, 4) is 0 Å². The summed E-state index contributed by atoms with van der Waals surface area (Å²) in [7, 11) is 0. The van der Waals surface area contributed by atoms with E-state index in [1.807, 2.05) is 0 Å². The van der Waals surface area contributed by atoms with E-state index in [4.69, 9.17) is 4.74 Å². The molecule has 1 radical (unpaired) electrons. The SMILES string of the molecule is CCCCCCCCOCCCCCCCC.C[CH2][Al][CH2]C. The first-order valence-electron chi connectivity index (χ1n) is 10.2. The lowest BCUT2D eigenvalue weighted by Gasteiger charge is -2.04. The molecule has 0 aliphatic carbocycles. The molecule has 1 nitrogen and oxygen atoms in total. The van der Waals surface area contributed by atoms with Gasteiger partial charge in [-0.05, 0) is 12.8 Å². The van der Waals surface area contributed by atoms with Gasteiger partial charge in [-0.1, -0.05) is 91.9 Å². The molecule has 0 unspecified atom stereocenters. The van der Waals surface area contributed by atoms with Gasteiger partial charge in [-0.25, -0.2) is 0 Å². The van der Waals surface area contributed by atoms with Crippen molar-refractivity contribution in [2.45, 2.75) is 115 Å². The van der Waals surface area contributed by atoms with Gasteiger partial charge in [0.05, 0.1) is 0 Å². The Morgan fingerprint density at radius 1 is 0.500 bits per heavy atom. The van der Waals surface area contributed by atoms with Crippen LogP contribution in [0.15, 0.2) is 0 Å². The molecule has 22 heavy (non-hydrogen) atoms. The van der Waals surface area contributed by atoms with Gasteiger partial charge in [0.2, 0.25) is 0 Å². The van der Waals surface area contributed by atoms with Gasteiger partial charge in [0, 0.05) is 13.2 Å². The van der Waals surface area contributed by atoms with Crippen molar-refractivity contribution in [2.24, 2.45) is 0 Å². The van der Waals surface area contributed by atoms with Crippen molar-refractivity contribution in [2.75, 3.05) is 13.2 Å². The topological polar surface area (TPSA) is 9.23 Å². The monoisotopic (exact) mass is 327 g/mol. The fourth-order valence-corrected chi connectivity index (χ4v) is 2.94. The highest BCUT2D eigenvalue weighted by molar-refractivity contribution is 6.34. The van der Waals surface area contributed by atoms with Crippen molar-refractivity contribution < 1.29 is 4.74 Å². The van der Waals surface area contributed by atoms with E-state index in [2.05, 4.69) is 27.7 Å². The number of unbranched alkanes of at least 4 members (excludes halogenated alkanes) is 10. The third-order valence-electron chi connectivity index (χ3n) is 3.86. The predicted octanol–water partition coefficient (Wildman–Crippen LogP) is 7.29. The number of rotatable bonds is 16. The Hall–Kier alpha value is 0.492. The lowest BCUT2D eigenvalue weighted by atomic mass is 10.1. The van der Waals surface area contributed by atoms with Gasteiger partial charge in [0.15, 0.2) is 15.2 Å². The average molecular weight is 328 g/mol. The van der Waals surface area contributed by atoms with E-state index >= 15 is 0 Å². The predicted molar refractivity (Wildman–Crippen MR) is 104 cm³/mol. The summed E-state index contributed by atoms with van der Waals surface area (Å²) in [6.07, 6.45) is 16.3. The average Bonchev–Trinajstić information content (AvgIpc) is 2.53. The van der Waals surface area contributed by atoms with E-state index in [-0.39, 0.29) is 0 Å². The summed E-state index contributed by atoms with van der Waals surface area (Å²) in [4.78, 5) is 0. The van der Waals surface area contributed by atoms with E-state index in [0.29, 0.717) is 0 Å². The minimum absolute atomic E-state index is 0.815. The van der Waals surface area contributed by atoms with Gasteiger partial charge in [0.1, 0.15) is 0 Å². The fraction of sp³-hybridized carbons (Fsp3) is 1.00. The van der Waals surface area contributed by atoms with Crippen LogP contribution in [0.25, 0.3) is 0 Å². The second-order valence-corrected chi connectivity index (χ2v) is 8.46. The third-order valence-corrected chi connectivity index (χ3v) is 5.02. The molecule has 0 atom stereocenters. The summed E-state index contributed by atoms with van der Waals surface area (Å²) in [5.74, 6) is 0. The van der Waals surface area contributed by atoms with Crippen LogP contribution < -0.4 is 0 Å². The molecule has 0 amide bonds.